The average Bonchev–Trinajstić information content (AvgIpc) is 3.02. The first-order valence-corrected chi connectivity index (χ1v) is 13.3. The van der Waals surface area contributed by atoms with Crippen LogP contribution in [0.3, 0.4) is 0 Å². The van der Waals surface area contributed by atoms with Crippen molar-refractivity contribution in [3.63, 3.8) is 0 Å². The smallest absolute Gasteiger partial charge is 0.174 e. The van der Waals surface area contributed by atoms with Gasteiger partial charge < -0.3 is 0 Å². The molecule has 1 saturated heterocycles. The molecule has 2 fully saturated rings. The Morgan fingerprint density at radius 2 is 1.64 bits per heavy atom. The summed E-state index contributed by atoms with van der Waals surface area (Å²) in [5, 5.41) is 0.219. The molecule has 0 aromatic heterocycles. The van der Waals surface area contributed by atoms with Crippen molar-refractivity contribution in [2.24, 2.45) is 0 Å². The second-order valence-corrected chi connectivity index (χ2v) is 15.4. The molecule has 1 aromatic carbocycles. The number of benzene rings is 1. The Morgan fingerprint density at radius 1 is 1.05 bits per heavy atom. The van der Waals surface area contributed by atoms with Crippen LogP contribution in [-0.2, 0) is 0 Å². The minimum Gasteiger partial charge on any atom is -0.293 e. The van der Waals surface area contributed by atoms with Crippen molar-refractivity contribution in [2.75, 3.05) is 11.5 Å². The number of Topliss-reactive ketones (excluding diaryl/α,β-unsaturated/α-hetero) is 1. The molecular formula is C19H27IOS. The highest BCUT2D eigenvalue weighted by Crippen LogP contribution is 2.65. The molecule has 1 atom stereocenters. The summed E-state index contributed by atoms with van der Waals surface area (Å²) in [5.74, 6) is 3.66. The van der Waals surface area contributed by atoms with Crippen LogP contribution in [0.25, 0.3) is 0 Å². The van der Waals surface area contributed by atoms with E-state index in [4.69, 9.17) is 0 Å². The van der Waals surface area contributed by atoms with Crippen molar-refractivity contribution < 1.29 is 4.79 Å². The number of carbonyl (C=O) groups is 1. The number of rotatable bonds is 4. The van der Waals surface area contributed by atoms with Crippen molar-refractivity contribution in [2.45, 2.75) is 63.0 Å². The normalized spacial score (nSPS) is 24.8. The van der Waals surface area contributed by atoms with Crippen LogP contribution in [0, 0.1) is 0 Å². The lowest BCUT2D eigenvalue weighted by atomic mass is 9.84. The largest absolute Gasteiger partial charge is 0.293 e. The quantitative estimate of drug-likeness (QED) is 0.407. The zero-order valence-corrected chi connectivity index (χ0v) is 16.5. The second-order valence-electron chi connectivity index (χ2n) is 6.92. The van der Waals surface area contributed by atoms with Gasteiger partial charge in [0.05, 0.1) is 5.25 Å². The first-order chi connectivity index (χ1) is 10.6. The lowest BCUT2D eigenvalue weighted by Crippen LogP contribution is -2.22. The van der Waals surface area contributed by atoms with E-state index in [-0.39, 0.29) is 5.25 Å². The van der Waals surface area contributed by atoms with Gasteiger partial charge in [0.2, 0.25) is 0 Å². The molecule has 3 rings (SSSR count). The highest BCUT2D eigenvalue weighted by molar-refractivity contribution is 14.2. The SMILES string of the molecule is CC(C(=O)c1ccc(C2CCCCC2)cc1)S1(I)CCCC1. The van der Waals surface area contributed by atoms with E-state index in [1.807, 2.05) is 0 Å². The van der Waals surface area contributed by atoms with Gasteiger partial charge in [-0.3, -0.25) is 4.79 Å². The van der Waals surface area contributed by atoms with Gasteiger partial charge >= 0.3 is 0 Å². The third kappa shape index (κ3) is 3.55. The average molecular weight is 430 g/mol. The Bertz CT molecular complexity index is 513. The topological polar surface area (TPSA) is 17.1 Å². The van der Waals surface area contributed by atoms with E-state index in [2.05, 4.69) is 52.4 Å². The van der Waals surface area contributed by atoms with E-state index >= 15 is 0 Å². The van der Waals surface area contributed by atoms with Crippen molar-refractivity contribution >= 4 is 34.2 Å². The summed E-state index contributed by atoms with van der Waals surface area (Å²) >= 11 is 2.64. The van der Waals surface area contributed by atoms with Gasteiger partial charge in [0.15, 0.2) is 5.78 Å². The third-order valence-electron chi connectivity index (χ3n) is 5.49. The fourth-order valence-corrected chi connectivity index (χ4v) is 9.28. The van der Waals surface area contributed by atoms with Crippen LogP contribution in [0.15, 0.2) is 24.3 Å². The van der Waals surface area contributed by atoms with Gasteiger partial charge in [-0.2, -0.15) is 7.20 Å². The summed E-state index contributed by atoms with van der Waals surface area (Å²) in [7, 11) is -0.740. The molecule has 1 saturated carbocycles. The standard InChI is InChI=1S/C19H27IOS/c1-15(22(20)13-5-6-14-22)19(21)18-11-9-17(10-12-18)16-7-3-2-4-8-16/h9-12,15-16H,2-8,13-14H2,1H3. The fourth-order valence-electron chi connectivity index (χ4n) is 3.92. The number of carbonyl (C=O) groups excluding carboxylic acids is 1. The molecule has 0 radical (unpaired) electrons. The molecule has 1 aromatic rings. The summed E-state index contributed by atoms with van der Waals surface area (Å²) in [6.07, 6.45) is 9.40. The third-order valence-corrected chi connectivity index (χ3v) is 13.8. The van der Waals surface area contributed by atoms with Crippen LogP contribution >= 0.6 is 28.4 Å². The number of ketones is 1. The van der Waals surface area contributed by atoms with E-state index < -0.39 is 7.20 Å². The van der Waals surface area contributed by atoms with Gasteiger partial charge in [0.1, 0.15) is 0 Å². The molecule has 2 aliphatic rings. The van der Waals surface area contributed by atoms with Crippen LogP contribution in [0.2, 0.25) is 0 Å². The molecule has 0 bridgehead atoms. The molecule has 22 heavy (non-hydrogen) atoms. The molecule has 1 unspecified atom stereocenters. The zero-order valence-electron chi connectivity index (χ0n) is 13.5. The summed E-state index contributed by atoms with van der Waals surface area (Å²) in [5.41, 5.74) is 2.38. The van der Waals surface area contributed by atoms with E-state index in [0.29, 0.717) is 5.78 Å². The zero-order chi connectivity index (χ0) is 15.6. The van der Waals surface area contributed by atoms with Crippen LogP contribution in [0.4, 0.5) is 0 Å². The van der Waals surface area contributed by atoms with Gasteiger partial charge in [0, 0.05) is 5.56 Å². The van der Waals surface area contributed by atoms with Crippen LogP contribution < -0.4 is 0 Å². The van der Waals surface area contributed by atoms with E-state index in [1.54, 1.807) is 0 Å². The summed E-state index contributed by atoms with van der Waals surface area (Å²) in [6.45, 7) is 2.17. The molecular weight excluding hydrogens is 403 g/mol. The van der Waals surface area contributed by atoms with E-state index in [9.17, 15) is 4.79 Å². The van der Waals surface area contributed by atoms with Gasteiger partial charge in [-0.1, -0.05) is 43.5 Å². The molecule has 1 nitrogen and oxygen atoms in total. The van der Waals surface area contributed by atoms with Crippen molar-refractivity contribution in [3.8, 4) is 0 Å². The Hall–Kier alpha value is -0.0300. The summed E-state index contributed by atoms with van der Waals surface area (Å²) in [6, 6.07) is 8.63. The summed E-state index contributed by atoms with van der Waals surface area (Å²) < 4.78 is 0. The number of hydrogen-bond donors (Lipinski definition) is 0. The van der Waals surface area contributed by atoms with Gasteiger partial charge in [0.25, 0.3) is 0 Å². The maximum Gasteiger partial charge on any atom is 0.174 e. The fraction of sp³-hybridized carbons (Fsp3) is 0.632. The molecule has 122 valence electrons. The second kappa shape index (κ2) is 7.25. The van der Waals surface area contributed by atoms with Gasteiger partial charge in [-0.25, -0.2) is 0 Å². The first-order valence-electron chi connectivity index (χ1n) is 8.71. The van der Waals surface area contributed by atoms with Gasteiger partial charge in [-0.05, 0) is 76.8 Å². The lowest BCUT2D eigenvalue weighted by molar-refractivity contribution is 0.0993. The maximum absolute atomic E-state index is 12.8. The predicted octanol–water partition coefficient (Wildman–Crippen LogP) is 6.25. The highest BCUT2D eigenvalue weighted by atomic mass is 127. The molecule has 0 amide bonds. The number of hydrogen-bond acceptors (Lipinski definition) is 1. The van der Waals surface area contributed by atoms with E-state index in [1.165, 1.54) is 62.0 Å². The Balaban J connectivity index is 1.70. The molecule has 0 N–H and O–H groups in total. The first kappa shape index (κ1) is 16.8. The molecule has 1 aliphatic heterocycles. The van der Waals surface area contributed by atoms with Crippen LogP contribution in [-0.4, -0.2) is 22.5 Å². The lowest BCUT2D eigenvalue weighted by Gasteiger charge is -2.34. The Morgan fingerprint density at radius 3 is 2.23 bits per heavy atom. The Labute approximate surface area is 148 Å². The highest BCUT2D eigenvalue weighted by Gasteiger charge is 2.35. The van der Waals surface area contributed by atoms with Gasteiger partial charge in [-0.15, -0.1) is 0 Å². The molecule has 1 aliphatic carbocycles. The van der Waals surface area contributed by atoms with Crippen molar-refractivity contribution in [3.05, 3.63) is 35.4 Å². The monoisotopic (exact) mass is 430 g/mol. The maximum atomic E-state index is 12.8. The Kier molecular flexibility index (Phi) is 5.54. The van der Waals surface area contributed by atoms with E-state index in [0.717, 1.165) is 11.5 Å². The van der Waals surface area contributed by atoms with Crippen LogP contribution in [0.1, 0.15) is 73.7 Å². The minimum absolute atomic E-state index is 0.219. The molecule has 0 spiro atoms. The van der Waals surface area contributed by atoms with Crippen LogP contribution in [0.5, 0.6) is 0 Å². The molecule has 3 heteroatoms. The predicted molar refractivity (Wildman–Crippen MR) is 107 cm³/mol. The molecule has 1 heterocycles. The summed E-state index contributed by atoms with van der Waals surface area (Å²) in [4.78, 5) is 12.8. The van der Waals surface area contributed by atoms with Crippen molar-refractivity contribution in [1.82, 2.24) is 0 Å². The minimum atomic E-state index is -0.740. The number of halogens is 1. The van der Waals surface area contributed by atoms with Crippen molar-refractivity contribution in [1.29, 1.82) is 0 Å².